The number of nitrogens with zero attached hydrogens (tertiary/aromatic N) is 1. The Bertz CT molecular complexity index is 1350. The van der Waals surface area contributed by atoms with E-state index in [4.69, 9.17) is 4.74 Å². The third-order valence-electron chi connectivity index (χ3n) is 6.74. The Morgan fingerprint density at radius 2 is 1.06 bits per heavy atom. The van der Waals surface area contributed by atoms with Crippen LogP contribution >= 0.6 is 0 Å². The van der Waals surface area contributed by atoms with Crippen LogP contribution in [0.4, 0.5) is 17.1 Å². The molecule has 5 heteroatoms. The minimum atomic E-state index is 0.208. The second kappa shape index (κ2) is 9.26. The standard InChI is InChI=1S/C30H31NO4/c1-17-15-29(34)22(6)30(16-17)35-24-9-7-23(8-10-24)31(25-11-13-27(32)20(4)18(25)2)26-12-14-28(33)21(5)19(26)3/h7-16,32-34H,1-6H3. The van der Waals surface area contributed by atoms with E-state index < -0.39 is 0 Å². The number of ether oxygens (including phenoxy) is 1. The van der Waals surface area contributed by atoms with Crippen LogP contribution in [-0.2, 0) is 0 Å². The summed E-state index contributed by atoms with van der Waals surface area (Å²) in [6.45, 7) is 11.5. The van der Waals surface area contributed by atoms with Crippen molar-refractivity contribution in [3.8, 4) is 28.7 Å². The molecule has 0 radical (unpaired) electrons. The molecule has 0 amide bonds. The zero-order valence-corrected chi connectivity index (χ0v) is 21.0. The number of aromatic hydroxyl groups is 3. The lowest BCUT2D eigenvalue weighted by molar-refractivity contribution is 0.447. The van der Waals surface area contributed by atoms with E-state index in [2.05, 4.69) is 4.90 Å². The first-order valence-corrected chi connectivity index (χ1v) is 11.5. The smallest absolute Gasteiger partial charge is 0.134 e. The van der Waals surface area contributed by atoms with Crippen molar-refractivity contribution in [3.63, 3.8) is 0 Å². The molecule has 0 heterocycles. The zero-order valence-electron chi connectivity index (χ0n) is 21.0. The van der Waals surface area contributed by atoms with Gasteiger partial charge in [-0.05, 0) is 130 Å². The molecule has 0 atom stereocenters. The van der Waals surface area contributed by atoms with Crippen LogP contribution in [0.2, 0.25) is 0 Å². The molecule has 0 aliphatic rings. The Hall–Kier alpha value is -4.12. The molecule has 0 saturated carbocycles. The third kappa shape index (κ3) is 4.50. The highest BCUT2D eigenvalue weighted by Crippen LogP contribution is 2.43. The molecular weight excluding hydrogens is 438 g/mol. The van der Waals surface area contributed by atoms with E-state index in [0.29, 0.717) is 17.1 Å². The normalized spacial score (nSPS) is 10.9. The van der Waals surface area contributed by atoms with Crippen molar-refractivity contribution in [1.82, 2.24) is 0 Å². The van der Waals surface area contributed by atoms with Crippen molar-refractivity contribution in [3.05, 3.63) is 94.0 Å². The van der Waals surface area contributed by atoms with Crippen LogP contribution in [0.1, 0.15) is 33.4 Å². The van der Waals surface area contributed by atoms with Crippen LogP contribution in [0.5, 0.6) is 28.7 Å². The van der Waals surface area contributed by atoms with Gasteiger partial charge in [0, 0.05) is 22.6 Å². The molecule has 0 spiro atoms. The average Bonchev–Trinajstić information content (AvgIpc) is 2.83. The minimum Gasteiger partial charge on any atom is -0.508 e. The van der Waals surface area contributed by atoms with Gasteiger partial charge in [-0.3, -0.25) is 0 Å². The molecular formula is C30H31NO4. The van der Waals surface area contributed by atoms with Crippen molar-refractivity contribution in [1.29, 1.82) is 0 Å². The van der Waals surface area contributed by atoms with Crippen molar-refractivity contribution in [2.45, 2.75) is 41.5 Å². The SMILES string of the molecule is Cc1cc(O)c(C)c(Oc2ccc(N(c3ccc(O)c(C)c3C)c3ccc(O)c(C)c3C)cc2)c1. The largest absolute Gasteiger partial charge is 0.508 e. The monoisotopic (exact) mass is 469 g/mol. The molecule has 0 unspecified atom stereocenters. The number of aryl methyl sites for hydroxylation is 1. The van der Waals surface area contributed by atoms with Gasteiger partial charge in [0.1, 0.15) is 28.7 Å². The van der Waals surface area contributed by atoms with Gasteiger partial charge in [0.15, 0.2) is 0 Å². The fraction of sp³-hybridized carbons (Fsp3) is 0.200. The van der Waals surface area contributed by atoms with E-state index >= 15 is 0 Å². The first kappa shape index (κ1) is 24.0. The van der Waals surface area contributed by atoms with E-state index in [-0.39, 0.29) is 17.2 Å². The highest BCUT2D eigenvalue weighted by Gasteiger charge is 2.20. The van der Waals surface area contributed by atoms with E-state index in [1.54, 1.807) is 18.2 Å². The number of hydrogen-bond donors (Lipinski definition) is 3. The van der Waals surface area contributed by atoms with Crippen molar-refractivity contribution in [2.24, 2.45) is 0 Å². The molecule has 0 fully saturated rings. The molecule has 0 bridgehead atoms. The van der Waals surface area contributed by atoms with Gasteiger partial charge in [-0.2, -0.15) is 0 Å². The number of anilines is 3. The fourth-order valence-electron chi connectivity index (χ4n) is 4.18. The molecule has 3 N–H and O–H groups in total. The second-order valence-corrected chi connectivity index (χ2v) is 9.05. The Balaban J connectivity index is 1.81. The molecule has 5 nitrogen and oxygen atoms in total. The van der Waals surface area contributed by atoms with Crippen LogP contribution in [0.3, 0.4) is 0 Å². The molecule has 0 aliphatic carbocycles. The fourth-order valence-corrected chi connectivity index (χ4v) is 4.18. The summed E-state index contributed by atoms with van der Waals surface area (Å²) < 4.78 is 6.09. The summed E-state index contributed by atoms with van der Waals surface area (Å²) in [5.41, 5.74) is 7.92. The van der Waals surface area contributed by atoms with Gasteiger partial charge in [-0.15, -0.1) is 0 Å². The quantitative estimate of drug-likeness (QED) is 0.277. The van der Waals surface area contributed by atoms with Crippen LogP contribution in [0.25, 0.3) is 0 Å². The molecule has 0 aliphatic heterocycles. The maximum absolute atomic E-state index is 10.2. The third-order valence-corrected chi connectivity index (χ3v) is 6.74. The van der Waals surface area contributed by atoms with Crippen LogP contribution < -0.4 is 9.64 Å². The highest BCUT2D eigenvalue weighted by molar-refractivity contribution is 5.82. The Kier molecular flexibility index (Phi) is 6.35. The highest BCUT2D eigenvalue weighted by atomic mass is 16.5. The second-order valence-electron chi connectivity index (χ2n) is 9.05. The van der Waals surface area contributed by atoms with Gasteiger partial charge in [0.25, 0.3) is 0 Å². The number of benzene rings is 4. The number of phenols is 3. The lowest BCUT2D eigenvalue weighted by Gasteiger charge is -2.30. The summed E-state index contributed by atoms with van der Waals surface area (Å²) in [6.07, 6.45) is 0. The molecule has 0 saturated heterocycles. The lowest BCUT2D eigenvalue weighted by Crippen LogP contribution is -2.13. The summed E-state index contributed by atoms with van der Waals surface area (Å²) >= 11 is 0. The average molecular weight is 470 g/mol. The summed E-state index contributed by atoms with van der Waals surface area (Å²) in [5, 5.41) is 30.6. The Morgan fingerprint density at radius 1 is 0.543 bits per heavy atom. The van der Waals surface area contributed by atoms with Crippen LogP contribution in [0.15, 0.2) is 60.7 Å². The molecule has 0 aromatic heterocycles. The van der Waals surface area contributed by atoms with Crippen molar-refractivity contribution >= 4 is 17.1 Å². The van der Waals surface area contributed by atoms with Gasteiger partial charge in [0.2, 0.25) is 0 Å². The number of hydrogen-bond acceptors (Lipinski definition) is 5. The van der Waals surface area contributed by atoms with Crippen LogP contribution in [-0.4, -0.2) is 15.3 Å². The van der Waals surface area contributed by atoms with Gasteiger partial charge in [-0.1, -0.05) is 0 Å². The summed E-state index contributed by atoms with van der Waals surface area (Å²) in [6, 6.07) is 18.6. The predicted octanol–water partition coefficient (Wildman–Crippen LogP) is 7.92. The summed E-state index contributed by atoms with van der Waals surface area (Å²) in [5.74, 6) is 1.98. The van der Waals surface area contributed by atoms with Gasteiger partial charge >= 0.3 is 0 Å². The van der Waals surface area contributed by atoms with Crippen molar-refractivity contribution in [2.75, 3.05) is 4.90 Å². The van der Waals surface area contributed by atoms with Gasteiger partial charge in [0.05, 0.1) is 0 Å². The summed E-state index contributed by atoms with van der Waals surface area (Å²) in [4.78, 5) is 2.12. The molecule has 4 aromatic carbocycles. The molecule has 4 rings (SSSR count). The molecule has 180 valence electrons. The van der Waals surface area contributed by atoms with E-state index in [9.17, 15) is 15.3 Å². The maximum atomic E-state index is 10.2. The topological polar surface area (TPSA) is 73.2 Å². The van der Waals surface area contributed by atoms with E-state index in [1.807, 2.05) is 84.0 Å². The van der Waals surface area contributed by atoms with Crippen LogP contribution in [0, 0.1) is 41.5 Å². The van der Waals surface area contributed by atoms with Crippen molar-refractivity contribution < 1.29 is 20.1 Å². The molecule has 35 heavy (non-hydrogen) atoms. The lowest BCUT2D eigenvalue weighted by atomic mass is 10.0. The zero-order chi connectivity index (χ0) is 25.4. The van der Waals surface area contributed by atoms with E-state index in [0.717, 1.165) is 44.9 Å². The predicted molar refractivity (Wildman–Crippen MR) is 141 cm³/mol. The minimum absolute atomic E-state index is 0.208. The number of phenolic OH excluding ortho intramolecular Hbond substituents is 3. The first-order chi connectivity index (χ1) is 16.6. The first-order valence-electron chi connectivity index (χ1n) is 11.5. The van der Waals surface area contributed by atoms with E-state index in [1.165, 1.54) is 0 Å². The summed E-state index contributed by atoms with van der Waals surface area (Å²) in [7, 11) is 0. The molecule has 4 aromatic rings. The number of rotatable bonds is 5. The van der Waals surface area contributed by atoms with Gasteiger partial charge < -0.3 is 25.0 Å². The Labute approximate surface area is 206 Å². The van der Waals surface area contributed by atoms with Gasteiger partial charge in [-0.25, -0.2) is 0 Å². The Morgan fingerprint density at radius 3 is 1.57 bits per heavy atom. The maximum Gasteiger partial charge on any atom is 0.134 e.